The average Bonchev–Trinajstić information content (AvgIpc) is 2.52. The number of halogens is 3. The Labute approximate surface area is 129 Å². The molecule has 0 spiro atoms. The van der Waals surface area contributed by atoms with Gasteiger partial charge in [-0.05, 0) is 18.6 Å². The molecule has 2 rings (SSSR count). The normalized spacial score (nSPS) is 12.1. The Morgan fingerprint density at radius 2 is 1.83 bits per heavy atom. The van der Waals surface area contributed by atoms with Crippen LogP contribution in [0.3, 0.4) is 0 Å². The second kappa shape index (κ2) is 6.47. The summed E-state index contributed by atoms with van der Waals surface area (Å²) in [6, 6.07) is 10.8. The minimum atomic E-state index is -4.72. The van der Waals surface area contributed by atoms with Crippen molar-refractivity contribution in [3.8, 4) is 5.75 Å². The molecule has 2 aromatic rings. The molecule has 8 heteroatoms. The van der Waals surface area contributed by atoms with Gasteiger partial charge in [0.2, 0.25) is 0 Å². The van der Waals surface area contributed by atoms with Crippen molar-refractivity contribution in [1.82, 2.24) is 0 Å². The first-order chi connectivity index (χ1) is 10.8. The Bertz CT molecular complexity index is 743. The Morgan fingerprint density at radius 1 is 1.17 bits per heavy atom. The van der Waals surface area contributed by atoms with Gasteiger partial charge in [-0.25, -0.2) is 0 Å². The second-order valence-electron chi connectivity index (χ2n) is 4.60. The Balaban J connectivity index is 2.32. The molecule has 0 N–H and O–H groups in total. The van der Waals surface area contributed by atoms with Crippen LogP contribution in [0.25, 0.3) is 0 Å². The van der Waals surface area contributed by atoms with Crippen LogP contribution in [0.15, 0.2) is 53.7 Å². The molecule has 23 heavy (non-hydrogen) atoms. The van der Waals surface area contributed by atoms with Crippen molar-refractivity contribution in [2.24, 2.45) is 5.16 Å². The van der Waals surface area contributed by atoms with Crippen molar-refractivity contribution in [2.45, 2.75) is 13.1 Å². The molecule has 0 unspecified atom stereocenters. The van der Waals surface area contributed by atoms with E-state index in [0.717, 1.165) is 6.07 Å². The van der Waals surface area contributed by atoms with Crippen molar-refractivity contribution in [1.29, 1.82) is 0 Å². The lowest BCUT2D eigenvalue weighted by molar-refractivity contribution is -0.385. The van der Waals surface area contributed by atoms with E-state index in [2.05, 4.69) is 5.16 Å². The van der Waals surface area contributed by atoms with Crippen LogP contribution in [0.1, 0.15) is 18.1 Å². The molecule has 0 radical (unpaired) electrons. The number of alkyl halides is 3. The number of nitro groups is 1. The molecule has 0 atom stereocenters. The Morgan fingerprint density at radius 3 is 2.39 bits per heavy atom. The van der Waals surface area contributed by atoms with Crippen LogP contribution in [-0.2, 0) is 6.18 Å². The highest BCUT2D eigenvalue weighted by Gasteiger charge is 2.33. The molecule has 0 amide bonds. The molecule has 5 nitrogen and oxygen atoms in total. The third-order valence-electron chi connectivity index (χ3n) is 2.91. The lowest BCUT2D eigenvalue weighted by Gasteiger charge is -2.08. The van der Waals surface area contributed by atoms with Crippen LogP contribution in [-0.4, -0.2) is 10.6 Å². The van der Waals surface area contributed by atoms with E-state index in [-0.39, 0.29) is 5.75 Å². The van der Waals surface area contributed by atoms with Gasteiger partial charge in [-0.15, -0.1) is 0 Å². The average molecular weight is 324 g/mol. The lowest BCUT2D eigenvalue weighted by atomic mass is 10.1. The first kappa shape index (κ1) is 16.5. The zero-order valence-corrected chi connectivity index (χ0v) is 11.9. The maximum absolute atomic E-state index is 12.8. The topological polar surface area (TPSA) is 64.7 Å². The summed E-state index contributed by atoms with van der Waals surface area (Å²) in [4.78, 5) is 14.8. The van der Waals surface area contributed by atoms with Gasteiger partial charge >= 0.3 is 6.18 Å². The van der Waals surface area contributed by atoms with Gasteiger partial charge in [0.05, 0.1) is 22.3 Å². The molecule has 0 heterocycles. The summed E-state index contributed by atoms with van der Waals surface area (Å²) in [6.45, 7) is 1.61. The largest absolute Gasteiger partial charge is 0.416 e. The third-order valence-corrected chi connectivity index (χ3v) is 2.91. The quantitative estimate of drug-likeness (QED) is 0.475. The van der Waals surface area contributed by atoms with Crippen molar-refractivity contribution < 1.29 is 22.9 Å². The van der Waals surface area contributed by atoms with E-state index in [1.54, 1.807) is 37.3 Å². The number of hydrogen-bond acceptors (Lipinski definition) is 4. The van der Waals surface area contributed by atoms with Crippen LogP contribution >= 0.6 is 0 Å². The van der Waals surface area contributed by atoms with Crippen LogP contribution < -0.4 is 4.84 Å². The Kier molecular flexibility index (Phi) is 4.63. The second-order valence-corrected chi connectivity index (χ2v) is 4.60. The highest BCUT2D eigenvalue weighted by atomic mass is 19.4. The standard InChI is InChI=1S/C15H11F3N2O3/c1-10(11-5-3-2-4-6-11)19-23-14-8-12(15(16,17)18)7-13(9-14)20(21)22/h2-9H,1H3/b19-10-. The highest BCUT2D eigenvalue weighted by molar-refractivity contribution is 5.98. The van der Waals surface area contributed by atoms with Crippen molar-refractivity contribution in [3.05, 3.63) is 69.8 Å². The first-order valence-corrected chi connectivity index (χ1v) is 6.41. The van der Waals surface area contributed by atoms with Gasteiger partial charge in [0.15, 0.2) is 5.75 Å². The third kappa shape index (κ3) is 4.29. The fourth-order valence-corrected chi connectivity index (χ4v) is 1.76. The summed E-state index contributed by atoms with van der Waals surface area (Å²) in [5, 5.41) is 14.5. The van der Waals surface area contributed by atoms with Gasteiger partial charge in [-0.2, -0.15) is 13.2 Å². The van der Waals surface area contributed by atoms with Crippen molar-refractivity contribution in [3.63, 3.8) is 0 Å². The molecule has 120 valence electrons. The summed E-state index contributed by atoms with van der Waals surface area (Å²) in [7, 11) is 0. The molecule has 2 aromatic carbocycles. The van der Waals surface area contributed by atoms with E-state index in [1.165, 1.54) is 0 Å². The van der Waals surface area contributed by atoms with Gasteiger partial charge < -0.3 is 4.84 Å². The van der Waals surface area contributed by atoms with Gasteiger partial charge in [-0.3, -0.25) is 10.1 Å². The molecule has 0 aromatic heterocycles. The molecular weight excluding hydrogens is 313 g/mol. The van der Waals surface area contributed by atoms with Gasteiger partial charge in [0, 0.05) is 6.07 Å². The fourth-order valence-electron chi connectivity index (χ4n) is 1.76. The SMILES string of the molecule is C/C(=N/Oc1cc([N+](=O)[O-])cc(C(F)(F)F)c1)c1ccccc1. The fraction of sp³-hybridized carbons (Fsp3) is 0.133. The number of hydrogen-bond donors (Lipinski definition) is 0. The molecule has 0 aliphatic heterocycles. The summed E-state index contributed by atoms with van der Waals surface area (Å²) >= 11 is 0. The predicted molar refractivity (Wildman–Crippen MR) is 77.4 cm³/mol. The highest BCUT2D eigenvalue weighted by Crippen LogP contribution is 2.34. The zero-order valence-electron chi connectivity index (χ0n) is 11.9. The molecule has 0 aliphatic carbocycles. The molecular formula is C15H11F3N2O3. The summed E-state index contributed by atoms with van der Waals surface area (Å²) < 4.78 is 38.3. The molecule has 0 saturated heterocycles. The number of nitro benzene ring substituents is 1. The van der Waals surface area contributed by atoms with Crippen molar-refractivity contribution in [2.75, 3.05) is 0 Å². The van der Waals surface area contributed by atoms with Gasteiger partial charge in [-0.1, -0.05) is 35.5 Å². The van der Waals surface area contributed by atoms with E-state index in [0.29, 0.717) is 23.4 Å². The number of nitrogens with zero attached hydrogens (tertiary/aromatic N) is 2. The number of benzene rings is 2. The minimum absolute atomic E-state index is 0.359. The van der Waals surface area contributed by atoms with Crippen LogP contribution in [0.5, 0.6) is 5.75 Å². The lowest BCUT2D eigenvalue weighted by Crippen LogP contribution is -2.06. The number of oxime groups is 1. The van der Waals surface area contributed by atoms with E-state index in [4.69, 9.17) is 4.84 Å². The maximum Gasteiger partial charge on any atom is 0.416 e. The summed E-state index contributed by atoms with van der Waals surface area (Å²) in [5.41, 5.74) is -0.753. The predicted octanol–water partition coefficient (Wildman–Crippen LogP) is 4.42. The van der Waals surface area contributed by atoms with E-state index in [1.807, 2.05) is 0 Å². The summed E-state index contributed by atoms with van der Waals surface area (Å²) in [5.74, 6) is -0.359. The van der Waals surface area contributed by atoms with Crippen molar-refractivity contribution >= 4 is 11.4 Å². The monoisotopic (exact) mass is 324 g/mol. The van der Waals surface area contributed by atoms with Crippen LogP contribution in [0.2, 0.25) is 0 Å². The van der Waals surface area contributed by atoms with Gasteiger partial charge in [0.1, 0.15) is 0 Å². The van der Waals surface area contributed by atoms with Crippen LogP contribution in [0, 0.1) is 10.1 Å². The van der Waals surface area contributed by atoms with Gasteiger partial charge in [0.25, 0.3) is 5.69 Å². The Hall–Kier alpha value is -2.90. The van der Waals surface area contributed by atoms with E-state index in [9.17, 15) is 23.3 Å². The van der Waals surface area contributed by atoms with E-state index >= 15 is 0 Å². The molecule has 0 bridgehead atoms. The molecule has 0 aliphatic rings. The first-order valence-electron chi connectivity index (χ1n) is 6.41. The number of non-ortho nitro benzene ring substituents is 1. The smallest absolute Gasteiger partial charge is 0.356 e. The molecule has 0 saturated carbocycles. The van der Waals surface area contributed by atoms with Crippen LogP contribution in [0.4, 0.5) is 18.9 Å². The minimum Gasteiger partial charge on any atom is -0.356 e. The summed E-state index contributed by atoms with van der Waals surface area (Å²) in [6.07, 6.45) is -4.72. The maximum atomic E-state index is 12.8. The zero-order chi connectivity index (χ0) is 17.0. The number of rotatable bonds is 4. The molecule has 0 fully saturated rings. The van der Waals surface area contributed by atoms with E-state index < -0.39 is 22.4 Å².